The van der Waals surface area contributed by atoms with E-state index in [9.17, 15) is 0 Å². The van der Waals surface area contributed by atoms with Gasteiger partial charge in [0.1, 0.15) is 0 Å². The van der Waals surface area contributed by atoms with Crippen molar-refractivity contribution in [2.75, 3.05) is 0 Å². The van der Waals surface area contributed by atoms with Gasteiger partial charge in [0.15, 0.2) is 0 Å². The van der Waals surface area contributed by atoms with Gasteiger partial charge in [0.05, 0.1) is 8.07 Å². The Bertz CT molecular complexity index is 2450. The first kappa shape index (κ1) is 41.4. The first-order valence-electron chi connectivity index (χ1n) is 20.9. The molecule has 5 aromatic carbocycles. The molecule has 2 aromatic heterocycles. The molecule has 9 rings (SSSR count). The van der Waals surface area contributed by atoms with Gasteiger partial charge in [-0.2, -0.15) is 0 Å². The molecule has 1 saturated carbocycles. The number of rotatable bonds is 8. The van der Waals surface area contributed by atoms with Crippen LogP contribution in [0.15, 0.2) is 146 Å². The van der Waals surface area contributed by atoms with Crippen molar-refractivity contribution in [2.45, 2.75) is 83.8 Å². The third kappa shape index (κ3) is 8.67. The largest absolute Gasteiger partial charge is 0.305 e. The fourth-order valence-electron chi connectivity index (χ4n) is 9.12. The SMILES string of the molecule is CC(C)c1cnc(-c2[c-]cc3c(c2)-c2ccccc2C3c2ccccc2)cc1-c1ccccc1.CC(c1cc(-c2[c-]cccc2)ncc1[Si](C)(C)C)C1CCCC1.[Ir]. The summed E-state index contributed by atoms with van der Waals surface area (Å²) in [7, 11) is -1.39. The van der Waals surface area contributed by atoms with Gasteiger partial charge < -0.3 is 9.97 Å². The second kappa shape index (κ2) is 18.0. The molecule has 1 fully saturated rings. The fraction of sp³-hybridized carbons (Fsp3) is 0.259. The molecule has 295 valence electrons. The normalized spacial score (nSPS) is 15.2. The second-order valence-corrected chi connectivity index (χ2v) is 22.4. The zero-order valence-electron chi connectivity index (χ0n) is 34.7. The van der Waals surface area contributed by atoms with E-state index in [1.165, 1.54) is 75.4 Å². The predicted octanol–water partition coefficient (Wildman–Crippen LogP) is 13.9. The Balaban J connectivity index is 0.000000187. The van der Waals surface area contributed by atoms with Gasteiger partial charge in [0, 0.05) is 38.4 Å². The van der Waals surface area contributed by atoms with Gasteiger partial charge in [-0.25, -0.2) is 0 Å². The van der Waals surface area contributed by atoms with Crippen molar-refractivity contribution >= 4 is 13.3 Å². The third-order valence-electron chi connectivity index (χ3n) is 12.2. The maximum atomic E-state index is 4.88. The molecule has 4 heteroatoms. The molecule has 0 spiro atoms. The van der Waals surface area contributed by atoms with E-state index in [1.54, 1.807) is 5.56 Å². The molecule has 7 aromatic rings. The van der Waals surface area contributed by atoms with E-state index >= 15 is 0 Å². The van der Waals surface area contributed by atoms with Crippen LogP contribution in [0.3, 0.4) is 0 Å². The molecule has 0 bridgehead atoms. The zero-order valence-corrected chi connectivity index (χ0v) is 38.1. The van der Waals surface area contributed by atoms with E-state index in [1.807, 2.05) is 18.3 Å². The van der Waals surface area contributed by atoms with E-state index < -0.39 is 8.07 Å². The monoisotopic (exact) mass is 951 g/mol. The van der Waals surface area contributed by atoms with E-state index in [2.05, 4.69) is 180 Å². The average Bonchev–Trinajstić information content (AvgIpc) is 3.91. The molecule has 2 nitrogen and oxygen atoms in total. The predicted molar refractivity (Wildman–Crippen MR) is 243 cm³/mol. The van der Waals surface area contributed by atoms with Crippen LogP contribution >= 0.6 is 0 Å². The van der Waals surface area contributed by atoms with Crippen molar-refractivity contribution in [3.8, 4) is 44.8 Å². The molecule has 1 radical (unpaired) electrons. The third-order valence-corrected chi connectivity index (χ3v) is 14.3. The van der Waals surface area contributed by atoms with Gasteiger partial charge >= 0.3 is 0 Å². The van der Waals surface area contributed by atoms with Crippen molar-refractivity contribution in [3.63, 3.8) is 0 Å². The van der Waals surface area contributed by atoms with Crippen LogP contribution < -0.4 is 5.19 Å². The average molecular weight is 951 g/mol. The van der Waals surface area contributed by atoms with Crippen molar-refractivity contribution in [2.24, 2.45) is 5.92 Å². The van der Waals surface area contributed by atoms with E-state index in [4.69, 9.17) is 9.97 Å². The van der Waals surface area contributed by atoms with Crippen LogP contribution in [0.25, 0.3) is 44.8 Å². The standard InChI is InChI=1S/C33H26N.C21H28NSi.Ir/c1-22(2)31-21-34-32(20-29(31)23-11-5-3-6-12-23)25-17-18-28-30(19-25)26-15-9-10-16-27(26)33(28)24-13-7-4-8-14-24;1-16(17-10-8-9-11-17)19-14-20(18-12-6-5-7-13-18)22-15-21(19)23(2,3)4;/h3-16,18-22,33H,1-2H3;5-7,12,14-17H,8-11H2,1-4H3;/q2*-1;. The van der Waals surface area contributed by atoms with Crippen LogP contribution in [0.5, 0.6) is 0 Å². The molecule has 0 amide bonds. The van der Waals surface area contributed by atoms with Crippen LogP contribution in [0, 0.1) is 18.1 Å². The Hall–Kier alpha value is -4.73. The fourth-order valence-corrected chi connectivity index (χ4v) is 10.7. The van der Waals surface area contributed by atoms with Crippen molar-refractivity contribution in [1.29, 1.82) is 0 Å². The van der Waals surface area contributed by atoms with Crippen molar-refractivity contribution in [3.05, 3.63) is 186 Å². The van der Waals surface area contributed by atoms with Gasteiger partial charge in [-0.1, -0.05) is 161 Å². The van der Waals surface area contributed by atoms with Crippen LogP contribution in [0.4, 0.5) is 0 Å². The van der Waals surface area contributed by atoms with Crippen molar-refractivity contribution < 1.29 is 20.1 Å². The van der Waals surface area contributed by atoms with Gasteiger partial charge in [0.2, 0.25) is 0 Å². The Morgan fingerprint density at radius 2 is 1.26 bits per heavy atom. The summed E-state index contributed by atoms with van der Waals surface area (Å²) >= 11 is 0. The Labute approximate surface area is 361 Å². The van der Waals surface area contributed by atoms with Crippen molar-refractivity contribution in [1.82, 2.24) is 9.97 Å². The minimum Gasteiger partial charge on any atom is -0.305 e. The summed E-state index contributed by atoms with van der Waals surface area (Å²) in [5.41, 5.74) is 16.1. The van der Waals surface area contributed by atoms with Gasteiger partial charge in [-0.05, 0) is 80.6 Å². The molecule has 0 saturated heterocycles. The van der Waals surface area contributed by atoms with Crippen LogP contribution in [0.1, 0.15) is 92.0 Å². The van der Waals surface area contributed by atoms with E-state index in [-0.39, 0.29) is 26.0 Å². The number of pyridine rings is 2. The smallest absolute Gasteiger partial charge is 0.0799 e. The summed E-state index contributed by atoms with van der Waals surface area (Å²) in [6, 6.07) is 54.3. The summed E-state index contributed by atoms with van der Waals surface area (Å²) in [5.74, 6) is 2.14. The number of benzene rings is 5. The number of aromatic nitrogens is 2. The first-order chi connectivity index (χ1) is 27.7. The second-order valence-electron chi connectivity index (χ2n) is 17.3. The van der Waals surface area contributed by atoms with Gasteiger partial charge in [-0.3, -0.25) is 0 Å². The zero-order chi connectivity index (χ0) is 39.5. The van der Waals surface area contributed by atoms with E-state index in [0.717, 1.165) is 28.4 Å². The Kier molecular flexibility index (Phi) is 12.9. The van der Waals surface area contributed by atoms with Gasteiger partial charge in [-0.15, -0.1) is 65.2 Å². The molecule has 0 N–H and O–H groups in total. The molecule has 2 atom stereocenters. The summed E-state index contributed by atoms with van der Waals surface area (Å²) < 4.78 is 0. The maximum Gasteiger partial charge on any atom is 0.0799 e. The summed E-state index contributed by atoms with van der Waals surface area (Å²) in [5, 5.41) is 1.54. The van der Waals surface area contributed by atoms with Crippen LogP contribution in [-0.4, -0.2) is 18.0 Å². The van der Waals surface area contributed by atoms with E-state index in [0.29, 0.717) is 11.8 Å². The number of hydrogen-bond donors (Lipinski definition) is 0. The van der Waals surface area contributed by atoms with Crippen LogP contribution in [0.2, 0.25) is 19.6 Å². The van der Waals surface area contributed by atoms with Gasteiger partial charge in [0.25, 0.3) is 0 Å². The molecule has 2 aliphatic rings. The molecular weight excluding hydrogens is 897 g/mol. The Morgan fingerprint density at radius 1 is 0.603 bits per heavy atom. The number of nitrogens with zero attached hydrogens (tertiary/aromatic N) is 2. The van der Waals surface area contributed by atoms with Crippen LogP contribution in [-0.2, 0) is 20.1 Å². The minimum absolute atomic E-state index is 0. The Morgan fingerprint density at radius 3 is 1.95 bits per heavy atom. The molecule has 2 unspecified atom stereocenters. The molecule has 0 aliphatic heterocycles. The molecule has 2 heterocycles. The summed E-state index contributed by atoms with van der Waals surface area (Å²) in [4.78, 5) is 9.67. The summed E-state index contributed by atoms with van der Waals surface area (Å²) in [6.07, 6.45) is 9.81. The number of fused-ring (bicyclic) bond motifs is 3. The topological polar surface area (TPSA) is 25.8 Å². The number of hydrogen-bond acceptors (Lipinski definition) is 2. The molecule has 58 heavy (non-hydrogen) atoms. The quantitative estimate of drug-likeness (QED) is 0.112. The minimum atomic E-state index is -1.39. The summed E-state index contributed by atoms with van der Waals surface area (Å²) in [6.45, 7) is 14.2. The first-order valence-corrected chi connectivity index (χ1v) is 24.4. The molecular formula is C54H54IrN2Si-2. The maximum absolute atomic E-state index is 4.88. The molecule has 2 aliphatic carbocycles.